The van der Waals surface area contributed by atoms with Gasteiger partial charge in [-0.1, -0.05) is 0 Å². The zero-order chi connectivity index (χ0) is 21.3. The van der Waals surface area contributed by atoms with Crippen LogP contribution in [0.4, 0.5) is 5.82 Å². The summed E-state index contributed by atoms with van der Waals surface area (Å²) in [7, 11) is 0. The predicted molar refractivity (Wildman–Crippen MR) is 118 cm³/mol. The van der Waals surface area contributed by atoms with Gasteiger partial charge in [-0.15, -0.1) is 0 Å². The quantitative estimate of drug-likeness (QED) is 0.592. The van der Waals surface area contributed by atoms with E-state index in [4.69, 9.17) is 0 Å². The van der Waals surface area contributed by atoms with Gasteiger partial charge in [-0.05, 0) is 66.2 Å². The lowest BCUT2D eigenvalue weighted by molar-refractivity contribution is 0.0746. The van der Waals surface area contributed by atoms with E-state index in [0.29, 0.717) is 43.1 Å². The van der Waals surface area contributed by atoms with Crippen LogP contribution in [0.25, 0.3) is 5.69 Å². The smallest absolute Gasteiger partial charge is 0.253 e. The van der Waals surface area contributed by atoms with Crippen molar-refractivity contribution in [1.82, 2.24) is 19.7 Å². The van der Waals surface area contributed by atoms with Crippen LogP contribution in [-0.4, -0.2) is 51.8 Å². The summed E-state index contributed by atoms with van der Waals surface area (Å²) in [5.74, 6) is 0.699. The van der Waals surface area contributed by atoms with Crippen LogP contribution in [0.1, 0.15) is 27.3 Å². The highest BCUT2D eigenvalue weighted by Gasteiger charge is 2.24. The van der Waals surface area contributed by atoms with E-state index < -0.39 is 0 Å². The molecule has 0 unspecified atom stereocenters. The number of hydrogen-bond donors (Lipinski definition) is 0. The number of amides is 1. The third kappa shape index (κ3) is 3.68. The van der Waals surface area contributed by atoms with Gasteiger partial charge in [0.1, 0.15) is 11.9 Å². The number of piperazine rings is 1. The Balaban J connectivity index is 1.44. The number of nitrogens with zero attached hydrogens (tertiary/aromatic N) is 6. The highest BCUT2D eigenvalue weighted by Crippen LogP contribution is 2.24. The standard InChI is InChI=1S/C22H21BrN6O/c1-15-20(23)16(2)29(26-15)19-7-5-17(6-8-19)22(30)28-12-10-27(11-13-28)21-18(14-24)4-3-9-25-21/h3-9H,10-13H2,1-2H3. The second-order valence-electron chi connectivity index (χ2n) is 7.21. The van der Waals surface area contributed by atoms with Crippen molar-refractivity contribution in [1.29, 1.82) is 5.26 Å². The Hall–Kier alpha value is -3.18. The van der Waals surface area contributed by atoms with Gasteiger partial charge in [-0.25, -0.2) is 9.67 Å². The fraction of sp³-hybridized carbons (Fsp3) is 0.273. The number of benzene rings is 1. The Morgan fingerprint density at radius 2 is 1.80 bits per heavy atom. The Labute approximate surface area is 183 Å². The van der Waals surface area contributed by atoms with E-state index in [9.17, 15) is 10.1 Å². The van der Waals surface area contributed by atoms with Crippen molar-refractivity contribution >= 4 is 27.7 Å². The molecule has 0 radical (unpaired) electrons. The number of carbonyl (C=O) groups is 1. The van der Waals surface area contributed by atoms with Gasteiger partial charge in [0.15, 0.2) is 0 Å². The largest absolute Gasteiger partial charge is 0.352 e. The molecule has 8 heteroatoms. The molecule has 152 valence electrons. The van der Waals surface area contributed by atoms with Crippen LogP contribution in [-0.2, 0) is 0 Å². The highest BCUT2D eigenvalue weighted by atomic mass is 79.9. The molecule has 7 nitrogen and oxygen atoms in total. The third-order valence-corrected chi connectivity index (χ3v) is 6.48. The first-order valence-corrected chi connectivity index (χ1v) is 10.5. The summed E-state index contributed by atoms with van der Waals surface area (Å²) >= 11 is 3.55. The molecule has 1 aliphatic heterocycles. The Morgan fingerprint density at radius 3 is 2.40 bits per heavy atom. The number of rotatable bonds is 3. The summed E-state index contributed by atoms with van der Waals surface area (Å²) in [6.07, 6.45) is 1.69. The summed E-state index contributed by atoms with van der Waals surface area (Å²) in [4.78, 5) is 21.2. The van der Waals surface area contributed by atoms with Gasteiger partial charge in [-0.3, -0.25) is 4.79 Å². The van der Waals surface area contributed by atoms with Gasteiger partial charge in [0.2, 0.25) is 0 Å². The molecule has 1 saturated heterocycles. The van der Waals surface area contributed by atoms with Crippen LogP contribution < -0.4 is 4.90 Å². The molecule has 0 spiro atoms. The van der Waals surface area contributed by atoms with Crippen molar-refractivity contribution in [2.75, 3.05) is 31.1 Å². The summed E-state index contributed by atoms with van der Waals surface area (Å²) in [6, 6.07) is 13.2. The van der Waals surface area contributed by atoms with Gasteiger partial charge in [0, 0.05) is 37.9 Å². The Bertz CT molecular complexity index is 1120. The molecule has 0 saturated carbocycles. The molecule has 2 aromatic heterocycles. The second-order valence-corrected chi connectivity index (χ2v) is 8.00. The van der Waals surface area contributed by atoms with E-state index in [1.807, 2.05) is 47.7 Å². The molecule has 0 bridgehead atoms. The molecule has 1 aliphatic rings. The van der Waals surface area contributed by atoms with Crippen molar-refractivity contribution in [2.24, 2.45) is 0 Å². The monoisotopic (exact) mass is 464 g/mol. The second kappa shape index (κ2) is 8.28. The SMILES string of the molecule is Cc1nn(-c2ccc(C(=O)N3CCN(c4ncccc4C#N)CC3)cc2)c(C)c1Br. The first kappa shape index (κ1) is 20.1. The molecule has 30 heavy (non-hydrogen) atoms. The molecule has 1 amide bonds. The Morgan fingerprint density at radius 1 is 1.10 bits per heavy atom. The molecular weight excluding hydrogens is 444 g/mol. The number of carbonyl (C=O) groups excluding carboxylic acids is 1. The van der Waals surface area contributed by atoms with E-state index in [1.54, 1.807) is 18.3 Å². The number of anilines is 1. The molecule has 0 atom stereocenters. The van der Waals surface area contributed by atoms with Gasteiger partial charge in [0.05, 0.1) is 27.1 Å². The zero-order valence-corrected chi connectivity index (χ0v) is 18.4. The van der Waals surface area contributed by atoms with Crippen LogP contribution in [0.2, 0.25) is 0 Å². The van der Waals surface area contributed by atoms with Crippen molar-refractivity contribution < 1.29 is 4.79 Å². The van der Waals surface area contributed by atoms with Crippen molar-refractivity contribution in [3.8, 4) is 11.8 Å². The predicted octanol–water partition coefficient (Wildman–Crippen LogP) is 3.48. The van der Waals surface area contributed by atoms with Gasteiger partial charge < -0.3 is 9.80 Å². The normalized spacial score (nSPS) is 13.9. The molecule has 1 fully saturated rings. The van der Waals surface area contributed by atoms with E-state index in [0.717, 1.165) is 21.5 Å². The first-order valence-electron chi connectivity index (χ1n) is 9.71. The minimum atomic E-state index is 0.0114. The minimum absolute atomic E-state index is 0.0114. The van der Waals surface area contributed by atoms with Gasteiger partial charge in [0.25, 0.3) is 5.91 Å². The van der Waals surface area contributed by atoms with Crippen molar-refractivity contribution in [3.05, 3.63) is 69.6 Å². The molecule has 3 aromatic rings. The maximum Gasteiger partial charge on any atom is 0.253 e. The molecular formula is C22H21BrN6O. The van der Waals surface area contributed by atoms with E-state index in [2.05, 4.69) is 37.0 Å². The van der Waals surface area contributed by atoms with Gasteiger partial charge >= 0.3 is 0 Å². The van der Waals surface area contributed by atoms with E-state index >= 15 is 0 Å². The van der Waals surface area contributed by atoms with Crippen LogP contribution in [0.5, 0.6) is 0 Å². The summed E-state index contributed by atoms with van der Waals surface area (Å²) < 4.78 is 2.86. The molecule has 0 aliphatic carbocycles. The average Bonchev–Trinajstić information content (AvgIpc) is 3.06. The summed E-state index contributed by atoms with van der Waals surface area (Å²) in [6.45, 7) is 6.43. The van der Waals surface area contributed by atoms with Crippen LogP contribution in [0, 0.1) is 25.2 Å². The van der Waals surface area contributed by atoms with Crippen molar-refractivity contribution in [2.45, 2.75) is 13.8 Å². The van der Waals surface area contributed by atoms with E-state index in [1.165, 1.54) is 0 Å². The van der Waals surface area contributed by atoms with Crippen LogP contribution in [0.3, 0.4) is 0 Å². The molecule has 3 heterocycles. The number of hydrogen-bond acceptors (Lipinski definition) is 5. The maximum absolute atomic E-state index is 12.9. The topological polar surface area (TPSA) is 78.1 Å². The number of nitriles is 1. The lowest BCUT2D eigenvalue weighted by Crippen LogP contribution is -2.49. The number of aryl methyl sites for hydroxylation is 1. The van der Waals surface area contributed by atoms with Gasteiger partial charge in [-0.2, -0.15) is 10.4 Å². The average molecular weight is 465 g/mol. The lowest BCUT2D eigenvalue weighted by atomic mass is 10.1. The number of pyridine rings is 1. The summed E-state index contributed by atoms with van der Waals surface area (Å²) in [5, 5.41) is 13.8. The molecule has 4 rings (SSSR count). The number of aromatic nitrogens is 3. The lowest BCUT2D eigenvalue weighted by Gasteiger charge is -2.35. The molecule has 0 N–H and O–H groups in total. The third-order valence-electron chi connectivity index (χ3n) is 5.34. The fourth-order valence-electron chi connectivity index (χ4n) is 3.66. The fourth-order valence-corrected chi connectivity index (χ4v) is 3.91. The zero-order valence-electron chi connectivity index (χ0n) is 16.8. The van der Waals surface area contributed by atoms with Crippen LogP contribution >= 0.6 is 15.9 Å². The number of halogens is 1. The Kier molecular flexibility index (Phi) is 5.55. The first-order chi connectivity index (χ1) is 14.5. The maximum atomic E-state index is 12.9. The van der Waals surface area contributed by atoms with Crippen LogP contribution in [0.15, 0.2) is 47.1 Å². The van der Waals surface area contributed by atoms with Crippen molar-refractivity contribution in [3.63, 3.8) is 0 Å². The summed E-state index contributed by atoms with van der Waals surface area (Å²) in [5.41, 5.74) is 4.08. The minimum Gasteiger partial charge on any atom is -0.352 e. The molecule has 1 aromatic carbocycles. The highest BCUT2D eigenvalue weighted by molar-refractivity contribution is 9.10. The van der Waals surface area contributed by atoms with E-state index in [-0.39, 0.29) is 5.91 Å².